The van der Waals surface area contributed by atoms with Crippen molar-refractivity contribution in [3.63, 3.8) is 0 Å². The van der Waals surface area contributed by atoms with Gasteiger partial charge in [-0.05, 0) is 62.0 Å². The van der Waals surface area contributed by atoms with E-state index in [2.05, 4.69) is 56.5 Å². The van der Waals surface area contributed by atoms with Crippen molar-refractivity contribution in [1.82, 2.24) is 10.6 Å². The summed E-state index contributed by atoms with van der Waals surface area (Å²) in [7, 11) is 2.01. The van der Waals surface area contributed by atoms with Crippen molar-refractivity contribution in [3.05, 3.63) is 34.9 Å². The summed E-state index contributed by atoms with van der Waals surface area (Å²) in [5.41, 5.74) is 4.48. The summed E-state index contributed by atoms with van der Waals surface area (Å²) in [6, 6.07) is 6.87. The molecule has 0 saturated carbocycles. The number of rotatable bonds is 7. The zero-order chi connectivity index (χ0) is 14.3. The van der Waals surface area contributed by atoms with E-state index < -0.39 is 0 Å². The molecule has 0 aliphatic rings. The maximum atomic E-state index is 3.53. The molecule has 0 bridgehead atoms. The molecular weight excluding hydrogens is 232 g/mol. The Labute approximate surface area is 119 Å². The van der Waals surface area contributed by atoms with Crippen LogP contribution in [0.4, 0.5) is 0 Å². The van der Waals surface area contributed by atoms with E-state index in [9.17, 15) is 0 Å². The van der Waals surface area contributed by atoms with Crippen LogP contribution in [0.5, 0.6) is 0 Å². The monoisotopic (exact) mass is 262 g/mol. The quantitative estimate of drug-likeness (QED) is 0.736. The van der Waals surface area contributed by atoms with Gasteiger partial charge in [-0.2, -0.15) is 0 Å². The van der Waals surface area contributed by atoms with Crippen LogP contribution in [0.1, 0.15) is 50.3 Å². The second kappa shape index (κ2) is 7.66. The van der Waals surface area contributed by atoms with E-state index >= 15 is 0 Å². The first-order valence-corrected chi connectivity index (χ1v) is 7.40. The summed E-state index contributed by atoms with van der Waals surface area (Å²) in [5.74, 6) is 0. The van der Waals surface area contributed by atoms with Gasteiger partial charge in [0, 0.05) is 6.54 Å². The molecule has 0 atom stereocenters. The summed E-state index contributed by atoms with van der Waals surface area (Å²) in [5, 5.41) is 6.71. The van der Waals surface area contributed by atoms with E-state index in [-0.39, 0.29) is 5.41 Å². The second-order valence-electron chi connectivity index (χ2n) is 6.38. The maximum absolute atomic E-state index is 3.53. The van der Waals surface area contributed by atoms with Crippen molar-refractivity contribution in [1.29, 1.82) is 0 Å². The third-order valence-corrected chi connectivity index (χ3v) is 3.55. The molecule has 0 radical (unpaired) electrons. The Morgan fingerprint density at radius 3 is 2.32 bits per heavy atom. The summed E-state index contributed by atoms with van der Waals surface area (Å²) >= 11 is 0. The van der Waals surface area contributed by atoms with Crippen molar-refractivity contribution in [2.24, 2.45) is 0 Å². The third-order valence-electron chi connectivity index (χ3n) is 3.55. The molecule has 2 N–H and O–H groups in total. The van der Waals surface area contributed by atoms with Crippen molar-refractivity contribution >= 4 is 0 Å². The summed E-state index contributed by atoms with van der Waals surface area (Å²) in [6.07, 6.45) is 2.48. The molecular formula is C17H30N2. The van der Waals surface area contributed by atoms with Crippen molar-refractivity contribution in [3.8, 4) is 0 Å². The summed E-state index contributed by atoms with van der Waals surface area (Å²) in [4.78, 5) is 0. The first kappa shape index (κ1) is 16.2. The molecule has 0 saturated heterocycles. The Balaban J connectivity index is 2.43. The van der Waals surface area contributed by atoms with Crippen LogP contribution in [0.2, 0.25) is 0 Å². The van der Waals surface area contributed by atoms with E-state index in [4.69, 9.17) is 0 Å². The van der Waals surface area contributed by atoms with E-state index in [1.54, 1.807) is 0 Å². The number of benzene rings is 1. The van der Waals surface area contributed by atoms with Gasteiger partial charge >= 0.3 is 0 Å². The van der Waals surface area contributed by atoms with Gasteiger partial charge in [-0.25, -0.2) is 0 Å². The topological polar surface area (TPSA) is 24.1 Å². The molecule has 0 amide bonds. The van der Waals surface area contributed by atoms with Gasteiger partial charge in [0.15, 0.2) is 0 Å². The number of hydrogen-bond donors (Lipinski definition) is 2. The molecule has 0 fully saturated rings. The Bertz CT molecular complexity index is 377. The average Bonchev–Trinajstić information content (AvgIpc) is 2.34. The molecule has 2 heteroatoms. The largest absolute Gasteiger partial charge is 0.320 e. The highest BCUT2D eigenvalue weighted by Gasteiger charge is 2.14. The average molecular weight is 262 g/mol. The van der Waals surface area contributed by atoms with E-state index in [1.165, 1.54) is 29.5 Å². The number of unbranched alkanes of at least 4 members (excludes halogenated alkanes) is 1. The van der Waals surface area contributed by atoms with Gasteiger partial charge in [-0.1, -0.05) is 39.0 Å². The highest BCUT2D eigenvalue weighted by atomic mass is 14.8. The van der Waals surface area contributed by atoms with Crippen LogP contribution in [0.3, 0.4) is 0 Å². The second-order valence-corrected chi connectivity index (χ2v) is 6.38. The van der Waals surface area contributed by atoms with Crippen LogP contribution in [0.25, 0.3) is 0 Å². The lowest BCUT2D eigenvalue weighted by Crippen LogP contribution is -2.18. The molecule has 1 aromatic carbocycles. The highest BCUT2D eigenvalue weighted by Crippen LogP contribution is 2.24. The van der Waals surface area contributed by atoms with Gasteiger partial charge in [-0.3, -0.25) is 0 Å². The van der Waals surface area contributed by atoms with Crippen LogP contribution < -0.4 is 10.6 Å². The summed E-state index contributed by atoms with van der Waals surface area (Å²) < 4.78 is 0. The van der Waals surface area contributed by atoms with E-state index in [0.717, 1.165) is 19.6 Å². The first-order chi connectivity index (χ1) is 8.95. The van der Waals surface area contributed by atoms with E-state index in [1.807, 2.05) is 7.05 Å². The Hall–Kier alpha value is -0.860. The number of aryl methyl sites for hydroxylation is 1. The molecule has 0 aliphatic carbocycles. The Morgan fingerprint density at radius 1 is 1.05 bits per heavy atom. The first-order valence-electron chi connectivity index (χ1n) is 7.40. The molecule has 0 aromatic heterocycles. The smallest absolute Gasteiger partial charge is 0.0208 e. The molecule has 0 heterocycles. The molecule has 0 unspecified atom stereocenters. The standard InChI is InChI=1S/C17H30N2/c1-14-12-16(17(2,3)4)9-8-15(14)13-19-11-7-6-10-18-5/h8-9,12,18-19H,6-7,10-11,13H2,1-5H3. The van der Waals surface area contributed by atoms with Crippen molar-refractivity contribution in [2.75, 3.05) is 20.1 Å². The lowest BCUT2D eigenvalue weighted by atomic mass is 9.85. The van der Waals surface area contributed by atoms with Crippen molar-refractivity contribution in [2.45, 2.75) is 52.5 Å². The molecule has 0 aliphatic heterocycles. The predicted octanol–water partition coefficient (Wildman–Crippen LogP) is 3.38. The lowest BCUT2D eigenvalue weighted by Gasteiger charge is -2.20. The normalized spacial score (nSPS) is 11.8. The van der Waals surface area contributed by atoms with Crippen molar-refractivity contribution < 1.29 is 0 Å². The van der Waals surface area contributed by atoms with Gasteiger partial charge < -0.3 is 10.6 Å². The Kier molecular flexibility index (Phi) is 6.53. The van der Waals surface area contributed by atoms with Gasteiger partial charge in [-0.15, -0.1) is 0 Å². The Morgan fingerprint density at radius 2 is 1.74 bits per heavy atom. The van der Waals surface area contributed by atoms with Crippen LogP contribution >= 0.6 is 0 Å². The third kappa shape index (κ3) is 5.75. The molecule has 1 rings (SSSR count). The van der Waals surface area contributed by atoms with Gasteiger partial charge in [0.25, 0.3) is 0 Å². The van der Waals surface area contributed by atoms with Gasteiger partial charge in [0.1, 0.15) is 0 Å². The zero-order valence-electron chi connectivity index (χ0n) is 13.3. The fraction of sp³-hybridized carbons (Fsp3) is 0.647. The van der Waals surface area contributed by atoms with Crippen LogP contribution in [0, 0.1) is 6.92 Å². The minimum Gasteiger partial charge on any atom is -0.320 e. The fourth-order valence-corrected chi connectivity index (χ4v) is 2.14. The minimum atomic E-state index is 0.240. The maximum Gasteiger partial charge on any atom is 0.0208 e. The van der Waals surface area contributed by atoms with Crippen LogP contribution in [-0.2, 0) is 12.0 Å². The van der Waals surface area contributed by atoms with E-state index in [0.29, 0.717) is 0 Å². The SMILES string of the molecule is CNCCCCNCc1ccc(C(C)(C)C)cc1C. The molecule has 1 aromatic rings. The summed E-state index contributed by atoms with van der Waals surface area (Å²) in [6.45, 7) is 12.2. The number of nitrogens with one attached hydrogen (secondary N) is 2. The fourth-order valence-electron chi connectivity index (χ4n) is 2.14. The molecule has 19 heavy (non-hydrogen) atoms. The highest BCUT2D eigenvalue weighted by molar-refractivity contribution is 5.34. The van der Waals surface area contributed by atoms with Crippen LogP contribution in [-0.4, -0.2) is 20.1 Å². The molecule has 2 nitrogen and oxygen atoms in total. The van der Waals surface area contributed by atoms with Crippen LogP contribution in [0.15, 0.2) is 18.2 Å². The number of hydrogen-bond acceptors (Lipinski definition) is 2. The molecule has 0 spiro atoms. The van der Waals surface area contributed by atoms with Gasteiger partial charge in [0.05, 0.1) is 0 Å². The predicted molar refractivity (Wildman–Crippen MR) is 84.7 cm³/mol. The zero-order valence-corrected chi connectivity index (χ0v) is 13.3. The lowest BCUT2D eigenvalue weighted by molar-refractivity contribution is 0.587. The minimum absolute atomic E-state index is 0.240. The van der Waals surface area contributed by atoms with Gasteiger partial charge in [0.2, 0.25) is 0 Å². The molecule has 108 valence electrons.